The van der Waals surface area contributed by atoms with Crippen molar-refractivity contribution in [1.82, 2.24) is 9.97 Å². The molecule has 2 heterocycles. The first-order valence-electron chi connectivity index (χ1n) is 5.01. The van der Waals surface area contributed by atoms with E-state index in [0.29, 0.717) is 0 Å². The van der Waals surface area contributed by atoms with Crippen LogP contribution in [0.3, 0.4) is 0 Å². The molecule has 16 heavy (non-hydrogen) atoms. The number of hydrogen-bond donors (Lipinski definition) is 1. The fourth-order valence-corrected chi connectivity index (χ4v) is 3.10. The van der Waals surface area contributed by atoms with Crippen molar-refractivity contribution in [3.05, 3.63) is 38.0 Å². The number of nitrogens with one attached hydrogen (secondary N) is 1. The van der Waals surface area contributed by atoms with Gasteiger partial charge in [-0.05, 0) is 48.1 Å². The molecule has 0 saturated carbocycles. The van der Waals surface area contributed by atoms with Crippen LogP contribution in [0.5, 0.6) is 0 Å². The van der Waals surface area contributed by atoms with Crippen molar-refractivity contribution >= 4 is 39.7 Å². The zero-order valence-corrected chi connectivity index (χ0v) is 11.9. The van der Waals surface area contributed by atoms with Gasteiger partial charge in [-0.1, -0.05) is 0 Å². The smallest absolute Gasteiger partial charge is 0.144 e. The van der Waals surface area contributed by atoms with Crippen LogP contribution in [-0.2, 0) is 6.42 Å². The van der Waals surface area contributed by atoms with E-state index in [1.165, 1.54) is 7.76 Å². The summed E-state index contributed by atoms with van der Waals surface area (Å²) in [5, 5.41) is 3.27. The van der Waals surface area contributed by atoms with E-state index >= 15 is 0 Å². The van der Waals surface area contributed by atoms with Gasteiger partial charge in [0, 0.05) is 17.6 Å². The minimum absolute atomic E-state index is 0.853. The Hall–Kier alpha value is -0.690. The molecule has 2 rings (SSSR count). The van der Waals surface area contributed by atoms with Crippen LogP contribution in [0.2, 0.25) is 0 Å². The summed E-state index contributed by atoms with van der Waals surface area (Å²) in [6.45, 7) is 2.84. The third-order valence-corrected chi connectivity index (χ3v) is 4.02. The molecule has 2 aromatic heterocycles. The Morgan fingerprint density at radius 3 is 2.94 bits per heavy atom. The van der Waals surface area contributed by atoms with Gasteiger partial charge in [-0.15, -0.1) is 11.3 Å². The lowest BCUT2D eigenvalue weighted by Gasteiger charge is -2.04. The standard InChI is InChI=1S/C11H12IN3S/c1-8-6-13-7-11(15-8)14-5-4-9-2-3-10(12)16-9/h2-3,6-7H,4-5H2,1H3,(H,14,15). The highest BCUT2D eigenvalue weighted by Gasteiger charge is 1.98. The molecule has 0 aliphatic carbocycles. The molecule has 0 atom stereocenters. The Balaban J connectivity index is 1.84. The molecule has 5 heteroatoms. The van der Waals surface area contributed by atoms with E-state index in [1.807, 2.05) is 18.3 Å². The van der Waals surface area contributed by atoms with E-state index in [0.717, 1.165) is 24.5 Å². The lowest BCUT2D eigenvalue weighted by Crippen LogP contribution is -2.06. The fourth-order valence-electron chi connectivity index (χ4n) is 1.35. The van der Waals surface area contributed by atoms with E-state index < -0.39 is 0 Å². The monoisotopic (exact) mass is 345 g/mol. The van der Waals surface area contributed by atoms with E-state index in [1.54, 1.807) is 12.4 Å². The molecule has 0 saturated heterocycles. The average Bonchev–Trinajstić information content (AvgIpc) is 2.64. The van der Waals surface area contributed by atoms with Gasteiger partial charge in [0.15, 0.2) is 0 Å². The summed E-state index contributed by atoms with van der Waals surface area (Å²) in [7, 11) is 0. The lowest BCUT2D eigenvalue weighted by atomic mass is 10.3. The van der Waals surface area contributed by atoms with Gasteiger partial charge in [0.1, 0.15) is 5.82 Å². The summed E-state index contributed by atoms with van der Waals surface area (Å²) < 4.78 is 1.34. The zero-order valence-electron chi connectivity index (χ0n) is 8.90. The van der Waals surface area contributed by atoms with Crippen LogP contribution in [-0.4, -0.2) is 16.5 Å². The van der Waals surface area contributed by atoms with Crippen molar-refractivity contribution in [2.45, 2.75) is 13.3 Å². The van der Waals surface area contributed by atoms with E-state index in [4.69, 9.17) is 0 Å². The summed E-state index contributed by atoms with van der Waals surface area (Å²) >= 11 is 4.18. The maximum Gasteiger partial charge on any atom is 0.144 e. The maximum absolute atomic E-state index is 4.34. The van der Waals surface area contributed by atoms with Crippen LogP contribution >= 0.6 is 33.9 Å². The Kier molecular flexibility index (Phi) is 4.11. The van der Waals surface area contributed by atoms with Crippen molar-refractivity contribution in [3.8, 4) is 0 Å². The normalized spacial score (nSPS) is 10.4. The minimum atomic E-state index is 0.853. The molecule has 84 valence electrons. The van der Waals surface area contributed by atoms with E-state index in [-0.39, 0.29) is 0 Å². The number of nitrogens with zero attached hydrogens (tertiary/aromatic N) is 2. The van der Waals surface area contributed by atoms with Crippen LogP contribution < -0.4 is 5.32 Å². The fraction of sp³-hybridized carbons (Fsp3) is 0.273. The average molecular weight is 345 g/mol. The first kappa shape index (κ1) is 11.8. The summed E-state index contributed by atoms with van der Waals surface area (Å²) in [5.41, 5.74) is 0.940. The second kappa shape index (κ2) is 5.58. The first-order chi connectivity index (χ1) is 7.74. The van der Waals surface area contributed by atoms with E-state index in [2.05, 4.69) is 50.0 Å². The van der Waals surface area contributed by atoms with Gasteiger partial charge in [-0.25, -0.2) is 4.98 Å². The Morgan fingerprint density at radius 2 is 2.25 bits per heavy atom. The largest absolute Gasteiger partial charge is 0.368 e. The molecule has 2 aromatic rings. The lowest BCUT2D eigenvalue weighted by molar-refractivity contribution is 1.01. The van der Waals surface area contributed by atoms with Crippen LogP contribution in [0.25, 0.3) is 0 Å². The minimum Gasteiger partial charge on any atom is -0.368 e. The van der Waals surface area contributed by atoms with Crippen molar-refractivity contribution in [2.24, 2.45) is 0 Å². The number of hydrogen-bond acceptors (Lipinski definition) is 4. The van der Waals surface area contributed by atoms with Crippen LogP contribution in [0.15, 0.2) is 24.5 Å². The van der Waals surface area contributed by atoms with Gasteiger partial charge >= 0.3 is 0 Å². The highest BCUT2D eigenvalue weighted by Crippen LogP contribution is 2.18. The van der Waals surface area contributed by atoms with Crippen LogP contribution in [0.1, 0.15) is 10.6 Å². The number of rotatable bonds is 4. The quantitative estimate of drug-likeness (QED) is 0.866. The molecule has 0 bridgehead atoms. The predicted molar refractivity (Wildman–Crippen MR) is 76.0 cm³/mol. The van der Waals surface area contributed by atoms with Crippen molar-refractivity contribution in [1.29, 1.82) is 0 Å². The predicted octanol–water partition coefficient (Wildman–Crippen LogP) is 3.11. The van der Waals surface area contributed by atoms with Crippen molar-refractivity contribution in [3.63, 3.8) is 0 Å². The summed E-state index contributed by atoms with van der Waals surface area (Å²) in [6, 6.07) is 4.32. The van der Waals surface area contributed by atoms with Gasteiger partial charge in [-0.2, -0.15) is 0 Å². The molecule has 0 unspecified atom stereocenters. The topological polar surface area (TPSA) is 37.8 Å². The summed E-state index contributed by atoms with van der Waals surface area (Å²) in [6.07, 6.45) is 4.54. The molecular weight excluding hydrogens is 333 g/mol. The molecule has 0 fully saturated rings. The molecule has 0 spiro atoms. The second-order valence-electron chi connectivity index (χ2n) is 3.43. The summed E-state index contributed by atoms with van der Waals surface area (Å²) in [5.74, 6) is 0.853. The number of aromatic nitrogens is 2. The highest BCUT2D eigenvalue weighted by atomic mass is 127. The number of halogens is 1. The van der Waals surface area contributed by atoms with Crippen LogP contribution in [0, 0.1) is 9.81 Å². The Bertz CT molecular complexity index is 470. The first-order valence-corrected chi connectivity index (χ1v) is 6.90. The highest BCUT2D eigenvalue weighted by molar-refractivity contribution is 14.1. The third kappa shape index (κ3) is 3.41. The molecular formula is C11H12IN3S. The zero-order chi connectivity index (χ0) is 11.4. The Labute approximate surface area is 112 Å². The second-order valence-corrected chi connectivity index (χ2v) is 6.49. The van der Waals surface area contributed by atoms with Crippen molar-refractivity contribution in [2.75, 3.05) is 11.9 Å². The van der Waals surface area contributed by atoms with Gasteiger partial charge in [0.2, 0.25) is 0 Å². The van der Waals surface area contributed by atoms with Gasteiger partial charge < -0.3 is 5.32 Å². The molecule has 0 aliphatic rings. The molecule has 0 aromatic carbocycles. The van der Waals surface area contributed by atoms with Crippen LogP contribution in [0.4, 0.5) is 5.82 Å². The number of aryl methyl sites for hydroxylation is 1. The Morgan fingerprint density at radius 1 is 1.38 bits per heavy atom. The SMILES string of the molecule is Cc1cncc(NCCc2ccc(I)s2)n1. The molecule has 0 amide bonds. The number of anilines is 1. The third-order valence-electron chi connectivity index (χ3n) is 2.06. The van der Waals surface area contributed by atoms with Crippen molar-refractivity contribution < 1.29 is 0 Å². The molecule has 1 N–H and O–H groups in total. The van der Waals surface area contributed by atoms with Gasteiger partial charge in [-0.3, -0.25) is 4.98 Å². The molecule has 3 nitrogen and oxygen atoms in total. The molecule has 0 aliphatic heterocycles. The van der Waals surface area contributed by atoms with Gasteiger partial charge in [0.05, 0.1) is 14.8 Å². The molecule has 0 radical (unpaired) electrons. The number of thiophene rings is 1. The maximum atomic E-state index is 4.34. The summed E-state index contributed by atoms with van der Waals surface area (Å²) in [4.78, 5) is 9.83. The van der Waals surface area contributed by atoms with Gasteiger partial charge in [0.25, 0.3) is 0 Å². The van der Waals surface area contributed by atoms with E-state index in [9.17, 15) is 0 Å².